The number of likely N-dealkylation sites (N-methyl/N-ethyl adjacent to an activating group) is 2. The molecule has 11 atom stereocenters. The number of carbonyl (C=O) groups excluding carboxylic acids is 8. The van der Waals surface area contributed by atoms with Crippen molar-refractivity contribution in [3.05, 3.63) is 47.5 Å². The molecule has 21 heteroatoms. The molecule has 4 rings (SSSR count). The fraction of sp³-hybridized carbons (Fsp3) is 0.729. The number of allylic oxidation sites excluding steroid dienone is 1. The number of methoxy groups -OCH3 is 1. The lowest BCUT2D eigenvalue weighted by Crippen LogP contribution is -2.57. The second-order valence-electron chi connectivity index (χ2n) is 24.8. The van der Waals surface area contributed by atoms with Crippen molar-refractivity contribution in [1.29, 1.82) is 0 Å². The molecule has 2 heterocycles. The smallest absolute Gasteiger partial charge is 0.414 e. The normalized spacial score (nSPS) is 23.9. The van der Waals surface area contributed by atoms with Crippen LogP contribution in [0.15, 0.2) is 42.0 Å². The summed E-state index contributed by atoms with van der Waals surface area (Å²) in [5, 5.41) is 26.0. The molecule has 2 aliphatic heterocycles. The van der Waals surface area contributed by atoms with E-state index in [0.717, 1.165) is 12.0 Å². The highest BCUT2D eigenvalue weighted by Crippen LogP contribution is 2.59. The number of ether oxygens (including phenoxy) is 4. The van der Waals surface area contributed by atoms with Crippen molar-refractivity contribution in [2.24, 2.45) is 34.5 Å². The number of epoxide rings is 2. The van der Waals surface area contributed by atoms with Crippen LogP contribution in [0.2, 0.25) is 0 Å². The lowest BCUT2D eigenvalue weighted by atomic mass is 9.64. The molecule has 1 aromatic rings. The summed E-state index contributed by atoms with van der Waals surface area (Å²) in [5.74, 6) is -4.04. The van der Waals surface area contributed by atoms with Crippen LogP contribution < -0.4 is 31.9 Å². The number of aliphatic hydroxyl groups excluding tert-OH is 1. The summed E-state index contributed by atoms with van der Waals surface area (Å²) in [7, 11) is 4.79. The van der Waals surface area contributed by atoms with Crippen molar-refractivity contribution in [2.45, 2.75) is 176 Å². The Kier molecular flexibility index (Phi) is 24.7. The van der Waals surface area contributed by atoms with Gasteiger partial charge in [0.25, 0.3) is 0 Å². The van der Waals surface area contributed by atoms with E-state index in [-0.39, 0.29) is 81.1 Å². The summed E-state index contributed by atoms with van der Waals surface area (Å²) in [6, 6.07) is 6.76. The Hall–Kier alpha value is -5.48. The minimum atomic E-state index is -1.17. The maximum atomic E-state index is 14.1. The van der Waals surface area contributed by atoms with E-state index >= 15 is 0 Å². The van der Waals surface area contributed by atoms with Crippen molar-refractivity contribution in [1.82, 2.24) is 41.7 Å². The van der Waals surface area contributed by atoms with Gasteiger partial charge in [-0.15, -0.1) is 0 Å². The number of rotatable bonds is 31. The van der Waals surface area contributed by atoms with E-state index in [1.54, 1.807) is 64.2 Å². The van der Waals surface area contributed by atoms with Gasteiger partial charge in [0.1, 0.15) is 35.5 Å². The van der Waals surface area contributed by atoms with E-state index in [1.807, 2.05) is 68.4 Å². The second kappa shape index (κ2) is 29.5. The average Bonchev–Trinajstić information content (AvgIpc) is 4.35. The van der Waals surface area contributed by atoms with Gasteiger partial charge in [-0.2, -0.15) is 0 Å². The summed E-state index contributed by atoms with van der Waals surface area (Å²) >= 11 is 0. The van der Waals surface area contributed by atoms with Gasteiger partial charge in [-0.3, -0.25) is 43.8 Å². The number of imide groups is 1. The third-order valence-electron chi connectivity index (χ3n) is 16.0. The molecule has 3 fully saturated rings. The first-order chi connectivity index (χ1) is 37.4. The molecule has 2 saturated heterocycles. The minimum absolute atomic E-state index is 0.0179. The Morgan fingerprint density at radius 2 is 1.51 bits per heavy atom. The van der Waals surface area contributed by atoms with Crippen LogP contribution >= 0.6 is 0 Å². The van der Waals surface area contributed by atoms with Gasteiger partial charge in [0.05, 0.1) is 44.4 Å². The van der Waals surface area contributed by atoms with E-state index in [1.165, 1.54) is 10.5 Å². The van der Waals surface area contributed by atoms with Gasteiger partial charge in [-0.1, -0.05) is 97.4 Å². The Morgan fingerprint density at radius 1 is 0.850 bits per heavy atom. The van der Waals surface area contributed by atoms with E-state index in [2.05, 4.69) is 44.9 Å². The average molecular weight is 1130 g/mol. The fourth-order valence-electron chi connectivity index (χ4n) is 11.2. The van der Waals surface area contributed by atoms with Crippen LogP contribution in [0.4, 0.5) is 4.79 Å². The predicted molar refractivity (Wildman–Crippen MR) is 302 cm³/mol. The molecule has 21 nitrogen and oxygen atoms in total. The Labute approximate surface area is 474 Å². The van der Waals surface area contributed by atoms with E-state index in [4.69, 9.17) is 18.9 Å². The molecule has 450 valence electrons. The lowest BCUT2D eigenvalue weighted by molar-refractivity contribution is -0.142. The van der Waals surface area contributed by atoms with Gasteiger partial charge >= 0.3 is 6.09 Å². The minimum Gasteiger partial charge on any atom is -0.443 e. The van der Waals surface area contributed by atoms with Crippen LogP contribution in [-0.4, -0.2) is 177 Å². The highest BCUT2D eigenvalue weighted by molar-refractivity contribution is 5.95. The standard InChI is InChI=1S/C59H96N8O13/c1-36(2)21-22-45-58(12,80-45)50-49(77-15)44(23-24-59(50)35-78-59)79-55(76)65-47(70)33-66(13)25-26-67(14)48(71)32-60-51(72)42(27-37(3)4)64-52(73)43(28-41-19-17-16-18-20-41)63-46(69)31-62-54(75)57(11,39(7)8)34-56(10,29-38(5)6)53(74)61-30-40(9)68/h16-21,37-40,42-45,49-50,68H,22-35H2,1-15H3,(H,60,72)(H,61,74)(H,62,75)(H,63,69)(H,64,73)(H,65,70,76)/t40?,42-,43-,44?,45+,49?,50?,56?,57?,58+,59-/m0/s1. The van der Waals surface area contributed by atoms with Crippen molar-refractivity contribution >= 4 is 47.4 Å². The van der Waals surface area contributed by atoms with Gasteiger partial charge in [-0.05, 0) is 96.6 Å². The Morgan fingerprint density at radius 3 is 2.09 bits per heavy atom. The van der Waals surface area contributed by atoms with Crippen LogP contribution in [0.5, 0.6) is 0 Å². The van der Waals surface area contributed by atoms with E-state index in [0.29, 0.717) is 25.9 Å². The molecule has 80 heavy (non-hydrogen) atoms. The number of amides is 8. The van der Waals surface area contributed by atoms with Gasteiger partial charge in [0.2, 0.25) is 41.4 Å². The van der Waals surface area contributed by atoms with Gasteiger partial charge < -0.3 is 55.5 Å². The number of nitrogens with one attached hydrogen (secondary N) is 6. The van der Waals surface area contributed by atoms with Crippen LogP contribution in [0.25, 0.3) is 0 Å². The maximum absolute atomic E-state index is 14.1. The summed E-state index contributed by atoms with van der Waals surface area (Å²) in [6.07, 6.45) is 2.16. The number of hydrogen-bond donors (Lipinski definition) is 7. The van der Waals surface area contributed by atoms with Crippen molar-refractivity contribution in [3.63, 3.8) is 0 Å². The number of carbonyl (C=O) groups is 8. The van der Waals surface area contributed by atoms with Crippen LogP contribution in [0.3, 0.4) is 0 Å². The van der Waals surface area contributed by atoms with Crippen LogP contribution in [0, 0.1) is 34.5 Å². The number of nitrogens with zero attached hydrogens (tertiary/aromatic N) is 2. The quantitative estimate of drug-likeness (QED) is 0.0412. The zero-order chi connectivity index (χ0) is 59.9. The molecular weight excluding hydrogens is 1030 g/mol. The van der Waals surface area contributed by atoms with Gasteiger partial charge in [0.15, 0.2) is 0 Å². The number of benzene rings is 1. The molecule has 8 amide bonds. The SMILES string of the molecule is COC1C(OC(=O)NC(=O)CN(C)CCN(C)C(=O)CNC(=O)[C@H](CC(C)C)NC(=O)[C@H](Cc2ccccc2)NC(=O)CNC(=O)C(C)(CC(C)(CC(C)C)C(=O)NCC(C)O)C(C)C)CC[C@]2(CO2)C1[C@]1(C)O[C@@H]1CC=C(C)C. The molecule has 1 spiro atoms. The molecule has 0 radical (unpaired) electrons. The topological polar surface area (TPSA) is 279 Å². The maximum Gasteiger partial charge on any atom is 0.414 e. The number of hydrogen-bond acceptors (Lipinski definition) is 14. The molecule has 1 aromatic carbocycles. The molecule has 1 saturated carbocycles. The van der Waals surface area contributed by atoms with E-state index in [9.17, 15) is 43.5 Å². The summed E-state index contributed by atoms with van der Waals surface area (Å²) in [5.41, 5.74) is -1.07. The van der Waals surface area contributed by atoms with Crippen molar-refractivity contribution in [2.75, 3.05) is 67.1 Å². The molecule has 3 aliphatic rings. The summed E-state index contributed by atoms with van der Waals surface area (Å²) in [6.45, 7) is 22.8. The van der Waals surface area contributed by atoms with Crippen LogP contribution in [-0.2, 0) is 58.9 Å². The second-order valence-corrected chi connectivity index (χ2v) is 24.8. The largest absolute Gasteiger partial charge is 0.443 e. The third-order valence-corrected chi connectivity index (χ3v) is 16.0. The molecular formula is C59H96N8O13. The third kappa shape index (κ3) is 19.3. The van der Waals surface area contributed by atoms with Gasteiger partial charge in [-0.25, -0.2) is 4.79 Å². The first-order valence-corrected chi connectivity index (χ1v) is 28.4. The van der Waals surface area contributed by atoms with Crippen molar-refractivity contribution in [3.8, 4) is 0 Å². The molecule has 6 unspecified atom stereocenters. The van der Waals surface area contributed by atoms with E-state index < -0.39 is 107 Å². The summed E-state index contributed by atoms with van der Waals surface area (Å²) < 4.78 is 24.0. The number of alkyl carbamates (subject to hydrolysis) is 1. The molecule has 0 bridgehead atoms. The first-order valence-electron chi connectivity index (χ1n) is 28.4. The Bertz CT molecular complexity index is 2320. The zero-order valence-electron chi connectivity index (χ0n) is 50.4. The zero-order valence-corrected chi connectivity index (χ0v) is 50.4. The molecule has 0 aromatic heterocycles. The first kappa shape index (κ1) is 67.0. The van der Waals surface area contributed by atoms with Crippen LogP contribution in [0.1, 0.15) is 127 Å². The predicted octanol–water partition coefficient (Wildman–Crippen LogP) is 3.80. The fourth-order valence-corrected chi connectivity index (χ4v) is 11.2. The van der Waals surface area contributed by atoms with Gasteiger partial charge in [0, 0.05) is 51.0 Å². The molecule has 7 N–H and O–H groups in total. The Balaban J connectivity index is 1.30. The monoisotopic (exact) mass is 1120 g/mol. The highest BCUT2D eigenvalue weighted by atomic mass is 16.6. The molecule has 1 aliphatic carbocycles. The number of aliphatic hydroxyl groups is 1. The van der Waals surface area contributed by atoms with Crippen molar-refractivity contribution < 1.29 is 62.4 Å². The highest BCUT2D eigenvalue weighted by Gasteiger charge is 2.72. The summed E-state index contributed by atoms with van der Waals surface area (Å²) in [4.78, 5) is 112. The lowest BCUT2D eigenvalue weighted by Gasteiger charge is -2.42.